The number of carboxylic acids is 1. The highest BCUT2D eigenvalue weighted by molar-refractivity contribution is 5.86. The number of aliphatic hydroxyl groups is 1. The lowest BCUT2D eigenvalue weighted by Gasteiger charge is -2.62. The third kappa shape index (κ3) is 3.27. The number of fused-ring (bicyclic) bond motifs is 5. The van der Waals surface area contributed by atoms with Crippen molar-refractivity contribution in [3.63, 3.8) is 0 Å². The molecule has 0 amide bonds. The molecule has 4 saturated carbocycles. The van der Waals surface area contributed by atoms with E-state index < -0.39 is 5.97 Å². The van der Waals surface area contributed by atoms with E-state index in [1.54, 1.807) is 0 Å². The number of carbonyl (C=O) groups excluding carboxylic acids is 1. The van der Waals surface area contributed by atoms with Crippen molar-refractivity contribution >= 4 is 11.8 Å². The normalized spacial score (nSPS) is 49.1. The number of aliphatic hydroxyl groups excluding tert-OH is 1. The number of carbonyl (C=O) groups is 2. The quantitative estimate of drug-likeness (QED) is 0.633. The summed E-state index contributed by atoms with van der Waals surface area (Å²) in [4.78, 5) is 25.0. The minimum atomic E-state index is -0.697. The third-order valence-corrected chi connectivity index (χ3v) is 10.7. The minimum Gasteiger partial charge on any atom is -0.481 e. The third-order valence-electron chi connectivity index (χ3n) is 10.7. The van der Waals surface area contributed by atoms with Crippen LogP contribution < -0.4 is 0 Å². The Hall–Kier alpha value is -0.900. The molecule has 4 rings (SSSR count). The molecule has 4 aliphatic carbocycles. The molecule has 4 nitrogen and oxygen atoms in total. The van der Waals surface area contributed by atoms with E-state index >= 15 is 0 Å². The van der Waals surface area contributed by atoms with Crippen molar-refractivity contribution in [3.05, 3.63) is 0 Å². The standard InChI is InChI=1S/C26H42O4/c1-5-17-21-14-16(27)10-12-26(21,4)20-11-13-25(3)18(15(2)6-9-22(28)29)7-8-19(25)23(20)24(17)30/h15-21,23,27H,5-14H2,1-4H3,(H,28,29)/t15-,16-,17+,18-,19?,20?,21?,23+,25?,26?/m1/s1. The first-order valence-corrected chi connectivity index (χ1v) is 12.6. The van der Waals surface area contributed by atoms with Gasteiger partial charge in [-0.3, -0.25) is 9.59 Å². The van der Waals surface area contributed by atoms with Crippen molar-refractivity contribution in [1.82, 2.24) is 0 Å². The molecule has 0 saturated heterocycles. The maximum Gasteiger partial charge on any atom is 0.303 e. The van der Waals surface area contributed by atoms with Gasteiger partial charge in [0.25, 0.3) is 0 Å². The monoisotopic (exact) mass is 418 g/mol. The van der Waals surface area contributed by atoms with E-state index in [-0.39, 0.29) is 35.2 Å². The zero-order chi connectivity index (χ0) is 21.8. The van der Waals surface area contributed by atoms with Gasteiger partial charge < -0.3 is 10.2 Å². The fourth-order valence-corrected chi connectivity index (χ4v) is 9.16. The van der Waals surface area contributed by atoms with Crippen LogP contribution in [-0.4, -0.2) is 28.1 Å². The number of hydrogen-bond donors (Lipinski definition) is 2. The molecule has 0 radical (unpaired) electrons. The van der Waals surface area contributed by atoms with Crippen molar-refractivity contribution in [2.24, 2.45) is 52.3 Å². The second-order valence-corrected chi connectivity index (χ2v) is 11.8. The van der Waals surface area contributed by atoms with Gasteiger partial charge in [-0.1, -0.05) is 27.7 Å². The summed E-state index contributed by atoms with van der Waals surface area (Å²) in [6.45, 7) is 9.28. The molecule has 10 atom stereocenters. The first kappa shape index (κ1) is 22.3. The predicted octanol–water partition coefficient (Wildman–Crippen LogP) is 5.32. The number of Topliss-reactive ketones (excluding diaryl/α,β-unsaturated/α-hetero) is 1. The SMILES string of the molecule is CC[C@@H]1C(=O)[C@@H]2C(CCC3(C)C2CC[C@@H]3[C@H](C)CCC(=O)O)C2(C)CC[C@@H](O)CC12. The maximum absolute atomic E-state index is 13.9. The zero-order valence-corrected chi connectivity index (χ0v) is 19.4. The van der Waals surface area contributed by atoms with Crippen molar-refractivity contribution in [3.8, 4) is 0 Å². The number of hydrogen-bond acceptors (Lipinski definition) is 3. The summed E-state index contributed by atoms with van der Waals surface area (Å²) in [6.07, 6.45) is 9.01. The van der Waals surface area contributed by atoms with E-state index in [0.29, 0.717) is 35.4 Å². The van der Waals surface area contributed by atoms with Crippen molar-refractivity contribution in [2.75, 3.05) is 0 Å². The lowest BCUT2D eigenvalue weighted by molar-refractivity contribution is -0.173. The fraction of sp³-hybridized carbons (Fsp3) is 0.923. The smallest absolute Gasteiger partial charge is 0.303 e. The molecule has 4 heteroatoms. The molecule has 4 aliphatic rings. The summed E-state index contributed by atoms with van der Waals surface area (Å²) in [7, 11) is 0. The highest BCUT2D eigenvalue weighted by Gasteiger charge is 2.65. The highest BCUT2D eigenvalue weighted by Crippen LogP contribution is 2.68. The van der Waals surface area contributed by atoms with Crippen molar-refractivity contribution < 1.29 is 19.8 Å². The second-order valence-electron chi connectivity index (χ2n) is 11.8. The van der Waals surface area contributed by atoms with Gasteiger partial charge in [0, 0.05) is 18.3 Å². The van der Waals surface area contributed by atoms with Gasteiger partial charge in [0.1, 0.15) is 5.78 Å². The van der Waals surface area contributed by atoms with E-state index in [1.165, 1.54) is 6.42 Å². The Kier molecular flexibility index (Phi) is 5.87. The molecular weight excluding hydrogens is 376 g/mol. The average Bonchev–Trinajstić information content (AvgIpc) is 3.05. The molecule has 0 bridgehead atoms. The molecule has 0 heterocycles. The number of ketones is 1. The molecule has 2 N–H and O–H groups in total. The van der Waals surface area contributed by atoms with E-state index in [0.717, 1.165) is 51.4 Å². The molecular formula is C26H42O4. The van der Waals surface area contributed by atoms with Gasteiger partial charge >= 0.3 is 5.97 Å². The molecule has 0 aromatic rings. The predicted molar refractivity (Wildman–Crippen MR) is 117 cm³/mol. The van der Waals surface area contributed by atoms with Crippen LogP contribution in [0.5, 0.6) is 0 Å². The van der Waals surface area contributed by atoms with E-state index in [9.17, 15) is 14.7 Å². The molecule has 4 fully saturated rings. The Morgan fingerprint density at radius 1 is 1.07 bits per heavy atom. The Morgan fingerprint density at radius 3 is 2.40 bits per heavy atom. The lowest BCUT2D eigenvalue weighted by Crippen LogP contribution is -2.60. The largest absolute Gasteiger partial charge is 0.481 e. The summed E-state index contributed by atoms with van der Waals surface area (Å²) >= 11 is 0. The van der Waals surface area contributed by atoms with Gasteiger partial charge in [-0.2, -0.15) is 0 Å². The first-order chi connectivity index (χ1) is 14.1. The van der Waals surface area contributed by atoms with Crippen molar-refractivity contribution in [2.45, 2.75) is 98.0 Å². The summed E-state index contributed by atoms with van der Waals surface area (Å²) in [6, 6.07) is 0. The number of aliphatic carboxylic acids is 1. The average molecular weight is 419 g/mol. The van der Waals surface area contributed by atoms with Crippen LogP contribution in [0.2, 0.25) is 0 Å². The van der Waals surface area contributed by atoms with Crippen molar-refractivity contribution in [1.29, 1.82) is 0 Å². The molecule has 0 aliphatic heterocycles. The van der Waals surface area contributed by atoms with Crippen LogP contribution in [0.3, 0.4) is 0 Å². The summed E-state index contributed by atoms with van der Waals surface area (Å²) in [5.74, 6) is 2.31. The minimum absolute atomic E-state index is 0.108. The van der Waals surface area contributed by atoms with E-state index in [4.69, 9.17) is 5.11 Å². The summed E-state index contributed by atoms with van der Waals surface area (Å²) in [5.41, 5.74) is 0.358. The molecule has 0 aromatic carbocycles. The van der Waals surface area contributed by atoms with Crippen LogP contribution in [0.4, 0.5) is 0 Å². The Balaban J connectivity index is 1.62. The Labute approximate surface area is 182 Å². The highest BCUT2D eigenvalue weighted by atomic mass is 16.4. The van der Waals surface area contributed by atoms with Crippen LogP contribution in [0.1, 0.15) is 91.9 Å². The van der Waals surface area contributed by atoms with Gasteiger partial charge in [0.2, 0.25) is 0 Å². The summed E-state index contributed by atoms with van der Waals surface area (Å²) in [5, 5.41) is 19.5. The van der Waals surface area contributed by atoms with Gasteiger partial charge in [-0.25, -0.2) is 0 Å². The molecule has 0 aromatic heterocycles. The summed E-state index contributed by atoms with van der Waals surface area (Å²) < 4.78 is 0. The van der Waals surface area contributed by atoms with Crippen LogP contribution in [0, 0.1) is 52.3 Å². The second kappa shape index (κ2) is 7.90. The van der Waals surface area contributed by atoms with Gasteiger partial charge in [0.05, 0.1) is 6.10 Å². The van der Waals surface area contributed by atoms with E-state index in [2.05, 4.69) is 27.7 Å². The Morgan fingerprint density at radius 2 is 1.73 bits per heavy atom. The number of carboxylic acid groups (broad SMARTS) is 1. The van der Waals surface area contributed by atoms with E-state index in [1.807, 2.05) is 0 Å². The van der Waals surface area contributed by atoms with Crippen LogP contribution >= 0.6 is 0 Å². The number of rotatable bonds is 5. The fourth-order valence-electron chi connectivity index (χ4n) is 9.16. The van der Waals surface area contributed by atoms with Gasteiger partial charge in [-0.05, 0) is 98.2 Å². The van der Waals surface area contributed by atoms with Crippen LogP contribution in [0.25, 0.3) is 0 Å². The Bertz CT molecular complexity index is 689. The van der Waals surface area contributed by atoms with Crippen LogP contribution in [0.15, 0.2) is 0 Å². The lowest BCUT2D eigenvalue weighted by atomic mass is 9.42. The first-order valence-electron chi connectivity index (χ1n) is 12.6. The molecule has 30 heavy (non-hydrogen) atoms. The molecule has 0 spiro atoms. The van der Waals surface area contributed by atoms with Crippen LogP contribution in [-0.2, 0) is 9.59 Å². The zero-order valence-electron chi connectivity index (χ0n) is 19.4. The van der Waals surface area contributed by atoms with Gasteiger partial charge in [0.15, 0.2) is 0 Å². The topological polar surface area (TPSA) is 74.6 Å². The molecule has 5 unspecified atom stereocenters. The van der Waals surface area contributed by atoms with Gasteiger partial charge in [-0.15, -0.1) is 0 Å². The molecule has 170 valence electrons. The maximum atomic E-state index is 13.9.